The van der Waals surface area contributed by atoms with E-state index in [4.69, 9.17) is 17.0 Å². The van der Waals surface area contributed by atoms with Crippen LogP contribution in [0.2, 0.25) is 0 Å². The lowest BCUT2D eigenvalue weighted by atomic mass is 10.0. The van der Waals surface area contributed by atoms with Gasteiger partial charge in [0, 0.05) is 31.7 Å². The molecule has 1 aromatic carbocycles. The van der Waals surface area contributed by atoms with Gasteiger partial charge in [0.1, 0.15) is 13.1 Å². The van der Waals surface area contributed by atoms with Crippen LogP contribution in [0.4, 0.5) is 5.69 Å². The molecule has 2 aliphatic heterocycles. The molecule has 2 fully saturated rings. The number of carbonyl (C=O) groups excluding carboxylic acids is 1. The van der Waals surface area contributed by atoms with Crippen LogP contribution in [0.5, 0.6) is 0 Å². The fourth-order valence-corrected chi connectivity index (χ4v) is 4.54. The molecule has 7 heteroatoms. The minimum Gasteiger partial charge on any atom is -0.370 e. The van der Waals surface area contributed by atoms with Crippen molar-refractivity contribution in [1.82, 2.24) is 9.80 Å². The van der Waals surface area contributed by atoms with Crippen molar-refractivity contribution in [1.29, 1.82) is 0 Å². The zero-order valence-corrected chi connectivity index (χ0v) is 18.8. The molecule has 1 aromatic rings. The van der Waals surface area contributed by atoms with Crippen molar-refractivity contribution in [3.05, 3.63) is 29.3 Å². The molecule has 0 radical (unpaired) electrons. The predicted molar refractivity (Wildman–Crippen MR) is 121 cm³/mol. The number of ether oxygens (including phenoxy) is 1. The molecule has 0 bridgehead atoms. The summed E-state index contributed by atoms with van der Waals surface area (Å²) in [6.45, 7) is 13.3. The molecule has 2 saturated heterocycles. The van der Waals surface area contributed by atoms with Crippen LogP contribution in [-0.4, -0.2) is 79.3 Å². The zero-order chi connectivity index (χ0) is 20.8. The molecule has 2 aliphatic rings. The Morgan fingerprint density at radius 1 is 1.28 bits per heavy atom. The minimum atomic E-state index is 0.170. The largest absolute Gasteiger partial charge is 0.370 e. The number of morpholine rings is 1. The highest BCUT2D eigenvalue weighted by Gasteiger charge is 2.28. The van der Waals surface area contributed by atoms with Gasteiger partial charge in [0.25, 0.3) is 0 Å². The number of nitrogens with zero attached hydrogens (tertiary/aromatic N) is 2. The number of rotatable bonds is 5. The van der Waals surface area contributed by atoms with Crippen molar-refractivity contribution in [3.8, 4) is 0 Å². The first-order valence-corrected chi connectivity index (χ1v) is 11.2. The van der Waals surface area contributed by atoms with Gasteiger partial charge in [-0.05, 0) is 56.1 Å². The number of hydrogen-bond acceptors (Lipinski definition) is 3. The van der Waals surface area contributed by atoms with Gasteiger partial charge in [-0.2, -0.15) is 0 Å². The highest BCUT2D eigenvalue weighted by atomic mass is 32.1. The van der Waals surface area contributed by atoms with Gasteiger partial charge in [0.15, 0.2) is 5.11 Å². The maximum Gasteiger partial charge on any atom is 0.219 e. The summed E-state index contributed by atoms with van der Waals surface area (Å²) in [5.41, 5.74) is 3.50. The van der Waals surface area contributed by atoms with Gasteiger partial charge in [0.05, 0.1) is 26.3 Å². The second-order valence-corrected chi connectivity index (χ2v) is 8.68. The zero-order valence-electron chi connectivity index (χ0n) is 18.0. The fraction of sp³-hybridized carbons (Fsp3) is 0.636. The number of likely N-dealkylation sites (tertiary alicyclic amines) is 1. The number of hydrogen-bond donors (Lipinski definition) is 2. The highest BCUT2D eigenvalue weighted by Crippen LogP contribution is 2.21. The monoisotopic (exact) mass is 419 g/mol. The van der Waals surface area contributed by atoms with Crippen LogP contribution in [0.1, 0.15) is 30.9 Å². The van der Waals surface area contributed by atoms with Crippen LogP contribution >= 0.6 is 12.2 Å². The van der Waals surface area contributed by atoms with E-state index in [0.717, 1.165) is 76.1 Å². The molecule has 6 nitrogen and oxygen atoms in total. The molecule has 0 aliphatic carbocycles. The fourth-order valence-electron chi connectivity index (χ4n) is 4.19. The third-order valence-corrected chi connectivity index (χ3v) is 6.49. The molecule has 1 amide bonds. The Hall–Kier alpha value is -1.70. The molecule has 0 aromatic heterocycles. The molecule has 160 valence electrons. The SMILES string of the molecule is CC(=O)N1CCC(N(CC[NH+]2CCOCC2)C(=S)Nc2cc(C)ccc2C)CC1. The first-order valence-electron chi connectivity index (χ1n) is 10.8. The number of aryl methyl sites for hydroxylation is 2. The molecule has 0 spiro atoms. The molecule has 29 heavy (non-hydrogen) atoms. The maximum absolute atomic E-state index is 11.7. The molecular formula is C22H35N4O2S+. The van der Waals surface area contributed by atoms with Crippen molar-refractivity contribution >= 4 is 28.9 Å². The van der Waals surface area contributed by atoms with Gasteiger partial charge in [0.2, 0.25) is 5.91 Å². The smallest absolute Gasteiger partial charge is 0.219 e. The number of benzene rings is 1. The van der Waals surface area contributed by atoms with Gasteiger partial charge in [-0.3, -0.25) is 4.79 Å². The highest BCUT2D eigenvalue weighted by molar-refractivity contribution is 7.80. The molecular weight excluding hydrogens is 384 g/mol. The average Bonchev–Trinajstić information content (AvgIpc) is 2.72. The summed E-state index contributed by atoms with van der Waals surface area (Å²) >= 11 is 5.89. The summed E-state index contributed by atoms with van der Waals surface area (Å²) in [4.78, 5) is 17.6. The van der Waals surface area contributed by atoms with E-state index in [-0.39, 0.29) is 5.91 Å². The quantitative estimate of drug-likeness (QED) is 0.703. The topological polar surface area (TPSA) is 49.3 Å². The number of nitrogens with one attached hydrogen (secondary N) is 2. The van der Waals surface area contributed by atoms with Gasteiger partial charge in [-0.15, -0.1) is 0 Å². The number of anilines is 1. The molecule has 3 rings (SSSR count). The third kappa shape index (κ3) is 6.14. The molecule has 0 atom stereocenters. The average molecular weight is 420 g/mol. The Balaban J connectivity index is 1.68. The van der Waals surface area contributed by atoms with Gasteiger partial charge < -0.3 is 24.8 Å². The third-order valence-electron chi connectivity index (χ3n) is 6.15. The Labute approximate surface area is 180 Å². The molecule has 0 unspecified atom stereocenters. The van der Waals surface area contributed by atoms with Crippen LogP contribution in [0.25, 0.3) is 0 Å². The maximum atomic E-state index is 11.7. The van der Waals surface area contributed by atoms with E-state index in [9.17, 15) is 4.79 Å². The van der Waals surface area contributed by atoms with E-state index in [1.54, 1.807) is 11.8 Å². The van der Waals surface area contributed by atoms with Crippen molar-refractivity contribution in [2.75, 3.05) is 57.8 Å². The van der Waals surface area contributed by atoms with E-state index < -0.39 is 0 Å². The van der Waals surface area contributed by atoms with Gasteiger partial charge in [-0.1, -0.05) is 12.1 Å². The molecule has 2 N–H and O–H groups in total. The normalized spacial score (nSPS) is 18.5. The standard InChI is InChI=1S/C22H34N4O2S/c1-17-4-5-18(2)21(16-17)23-22(29)26(11-10-24-12-14-28-15-13-24)20-6-8-25(9-7-20)19(3)27/h4-5,16,20H,6-15H2,1-3H3,(H,23,29)/p+1. The lowest BCUT2D eigenvalue weighted by Gasteiger charge is -2.40. The Morgan fingerprint density at radius 3 is 2.62 bits per heavy atom. The van der Waals surface area contributed by atoms with E-state index in [1.807, 2.05) is 4.90 Å². The van der Waals surface area contributed by atoms with Crippen LogP contribution in [0.15, 0.2) is 18.2 Å². The van der Waals surface area contributed by atoms with Crippen molar-refractivity contribution in [2.45, 2.75) is 39.7 Å². The van der Waals surface area contributed by atoms with E-state index in [2.05, 4.69) is 42.3 Å². The summed E-state index contributed by atoms with van der Waals surface area (Å²) < 4.78 is 5.50. The van der Waals surface area contributed by atoms with Crippen molar-refractivity contribution < 1.29 is 14.4 Å². The van der Waals surface area contributed by atoms with Gasteiger partial charge in [-0.25, -0.2) is 0 Å². The molecule has 2 heterocycles. The van der Waals surface area contributed by atoms with Crippen LogP contribution in [0.3, 0.4) is 0 Å². The van der Waals surface area contributed by atoms with E-state index in [1.165, 1.54) is 11.1 Å². The Bertz CT molecular complexity index is 713. The predicted octanol–water partition coefficient (Wildman–Crippen LogP) is 1.23. The number of amides is 1. The minimum absolute atomic E-state index is 0.170. The van der Waals surface area contributed by atoms with Crippen LogP contribution < -0.4 is 10.2 Å². The van der Waals surface area contributed by atoms with E-state index in [0.29, 0.717) is 6.04 Å². The number of thiocarbonyl (C=S) groups is 1. The summed E-state index contributed by atoms with van der Waals surface area (Å²) in [7, 11) is 0. The van der Waals surface area contributed by atoms with Crippen LogP contribution in [-0.2, 0) is 9.53 Å². The lowest BCUT2D eigenvalue weighted by Crippen LogP contribution is -3.14. The second-order valence-electron chi connectivity index (χ2n) is 8.29. The Morgan fingerprint density at radius 2 is 1.97 bits per heavy atom. The van der Waals surface area contributed by atoms with Crippen molar-refractivity contribution in [2.24, 2.45) is 0 Å². The summed E-state index contributed by atoms with van der Waals surface area (Å²) in [6.07, 6.45) is 1.93. The number of piperidine rings is 1. The summed E-state index contributed by atoms with van der Waals surface area (Å²) in [5, 5.41) is 4.31. The first kappa shape index (κ1) is 22.0. The molecule has 0 saturated carbocycles. The second kappa shape index (κ2) is 10.4. The summed E-state index contributed by atoms with van der Waals surface area (Å²) in [6, 6.07) is 6.79. The first-order chi connectivity index (χ1) is 13.9. The Kier molecular flexibility index (Phi) is 7.86. The van der Waals surface area contributed by atoms with Gasteiger partial charge >= 0.3 is 0 Å². The summed E-state index contributed by atoms with van der Waals surface area (Å²) in [5.74, 6) is 0.170. The van der Waals surface area contributed by atoms with E-state index >= 15 is 0 Å². The number of carbonyl (C=O) groups is 1. The van der Waals surface area contributed by atoms with Crippen molar-refractivity contribution in [3.63, 3.8) is 0 Å². The number of quaternary nitrogens is 1. The van der Waals surface area contributed by atoms with Crippen LogP contribution in [0, 0.1) is 13.8 Å². The lowest BCUT2D eigenvalue weighted by molar-refractivity contribution is -0.907.